The number of nitrogens with zero attached hydrogens (tertiary/aromatic N) is 2. The van der Waals surface area contributed by atoms with Crippen LogP contribution in [0, 0.1) is 6.92 Å². The Labute approximate surface area is 125 Å². The van der Waals surface area contributed by atoms with Gasteiger partial charge in [0.25, 0.3) is 0 Å². The Morgan fingerprint density at radius 3 is 2.80 bits per heavy atom. The van der Waals surface area contributed by atoms with Crippen LogP contribution in [0.4, 0.5) is 5.82 Å². The summed E-state index contributed by atoms with van der Waals surface area (Å²) in [7, 11) is -2.97. The zero-order chi connectivity index (χ0) is 14.5. The predicted molar refractivity (Wildman–Crippen MR) is 79.1 cm³/mol. The molecule has 8 heteroatoms. The van der Waals surface area contributed by atoms with E-state index in [4.69, 9.17) is 10.2 Å². The summed E-state index contributed by atoms with van der Waals surface area (Å²) >= 11 is 3.25. The minimum Gasteiger partial charge on any atom is -0.448 e. The average Bonchev–Trinajstić information content (AvgIpc) is 3.01. The summed E-state index contributed by atoms with van der Waals surface area (Å²) in [5.41, 5.74) is 7.52. The van der Waals surface area contributed by atoms with E-state index in [-0.39, 0.29) is 17.5 Å². The van der Waals surface area contributed by atoms with Crippen molar-refractivity contribution < 1.29 is 12.8 Å². The van der Waals surface area contributed by atoms with Crippen LogP contribution in [0.3, 0.4) is 0 Å². The first-order valence-corrected chi connectivity index (χ1v) is 8.79. The molecule has 0 radical (unpaired) electrons. The molecule has 0 aliphatic carbocycles. The summed E-state index contributed by atoms with van der Waals surface area (Å²) in [5.74, 6) is 1.40. The highest BCUT2D eigenvalue weighted by molar-refractivity contribution is 9.10. The number of aromatic nitrogens is 2. The quantitative estimate of drug-likeness (QED) is 0.886. The second kappa shape index (κ2) is 4.63. The highest BCUT2D eigenvalue weighted by atomic mass is 79.9. The first-order valence-electron chi connectivity index (χ1n) is 6.18. The van der Waals surface area contributed by atoms with Crippen LogP contribution in [-0.2, 0) is 9.84 Å². The Bertz CT molecular complexity index is 763. The SMILES string of the molecule is Cc1c(-c2ccc(Br)o2)nn(C2CCS(=O)(=O)C2)c1N. The van der Waals surface area contributed by atoms with E-state index in [1.165, 1.54) is 0 Å². The Hall–Kier alpha value is -1.28. The van der Waals surface area contributed by atoms with Crippen LogP contribution in [0.2, 0.25) is 0 Å². The van der Waals surface area contributed by atoms with E-state index in [1.54, 1.807) is 16.8 Å². The lowest BCUT2D eigenvalue weighted by Crippen LogP contribution is -2.14. The van der Waals surface area contributed by atoms with Gasteiger partial charge in [0.15, 0.2) is 20.3 Å². The first kappa shape index (κ1) is 13.7. The molecule has 6 nitrogen and oxygen atoms in total. The molecule has 1 aliphatic heterocycles. The summed E-state index contributed by atoms with van der Waals surface area (Å²) in [5, 5.41) is 4.45. The molecule has 1 fully saturated rings. The third-order valence-electron chi connectivity index (χ3n) is 3.55. The van der Waals surface area contributed by atoms with Crippen LogP contribution >= 0.6 is 15.9 Å². The van der Waals surface area contributed by atoms with E-state index < -0.39 is 9.84 Å². The number of sulfone groups is 1. The molecule has 0 saturated carbocycles. The third kappa shape index (κ3) is 2.26. The molecule has 3 heterocycles. The van der Waals surface area contributed by atoms with Crippen LogP contribution in [0.15, 0.2) is 21.2 Å². The van der Waals surface area contributed by atoms with Crippen molar-refractivity contribution in [2.75, 3.05) is 17.2 Å². The van der Waals surface area contributed by atoms with Crippen LogP contribution in [-0.4, -0.2) is 29.7 Å². The number of hydrogen-bond donors (Lipinski definition) is 1. The van der Waals surface area contributed by atoms with Gasteiger partial charge in [-0.1, -0.05) is 0 Å². The maximum Gasteiger partial charge on any atom is 0.169 e. The van der Waals surface area contributed by atoms with E-state index in [0.29, 0.717) is 28.4 Å². The van der Waals surface area contributed by atoms with Gasteiger partial charge in [0, 0.05) is 5.56 Å². The molecule has 108 valence electrons. The van der Waals surface area contributed by atoms with Crippen molar-refractivity contribution >= 4 is 31.6 Å². The number of anilines is 1. The van der Waals surface area contributed by atoms with Gasteiger partial charge >= 0.3 is 0 Å². The van der Waals surface area contributed by atoms with Gasteiger partial charge in [0.1, 0.15) is 11.5 Å². The molecule has 3 rings (SSSR count). The minimum atomic E-state index is -2.97. The van der Waals surface area contributed by atoms with E-state index in [9.17, 15) is 8.42 Å². The van der Waals surface area contributed by atoms with Crippen LogP contribution in [0.1, 0.15) is 18.0 Å². The Kier molecular flexibility index (Phi) is 3.17. The second-order valence-electron chi connectivity index (χ2n) is 4.96. The first-order chi connectivity index (χ1) is 9.37. The summed E-state index contributed by atoms with van der Waals surface area (Å²) in [6.45, 7) is 1.86. The van der Waals surface area contributed by atoms with Crippen molar-refractivity contribution in [3.8, 4) is 11.5 Å². The maximum atomic E-state index is 11.6. The molecule has 1 saturated heterocycles. The lowest BCUT2D eigenvalue weighted by molar-refractivity contribution is 0.503. The fourth-order valence-corrected chi connectivity index (χ4v) is 4.45. The van der Waals surface area contributed by atoms with E-state index in [1.807, 2.05) is 6.92 Å². The molecular formula is C12H14BrN3O3S. The normalized spacial score (nSPS) is 21.4. The van der Waals surface area contributed by atoms with Gasteiger partial charge in [-0.2, -0.15) is 5.10 Å². The van der Waals surface area contributed by atoms with Crippen molar-refractivity contribution in [1.82, 2.24) is 9.78 Å². The fourth-order valence-electron chi connectivity index (χ4n) is 2.45. The lowest BCUT2D eigenvalue weighted by atomic mass is 10.2. The average molecular weight is 360 g/mol. The smallest absolute Gasteiger partial charge is 0.169 e. The molecule has 1 atom stereocenters. The van der Waals surface area contributed by atoms with E-state index in [0.717, 1.165) is 5.56 Å². The number of furan rings is 1. The van der Waals surface area contributed by atoms with Crippen molar-refractivity contribution in [1.29, 1.82) is 0 Å². The molecule has 2 aromatic rings. The highest BCUT2D eigenvalue weighted by Crippen LogP contribution is 2.33. The molecule has 0 amide bonds. The molecular weight excluding hydrogens is 346 g/mol. The van der Waals surface area contributed by atoms with Gasteiger partial charge in [-0.3, -0.25) is 0 Å². The number of nitrogens with two attached hydrogens (primary N) is 1. The minimum absolute atomic E-state index is 0.0968. The second-order valence-corrected chi connectivity index (χ2v) is 7.97. The van der Waals surface area contributed by atoms with Gasteiger partial charge in [0.2, 0.25) is 0 Å². The van der Waals surface area contributed by atoms with Crippen LogP contribution in [0.25, 0.3) is 11.5 Å². The maximum absolute atomic E-state index is 11.6. The largest absolute Gasteiger partial charge is 0.448 e. The standard InChI is InChI=1S/C12H14BrN3O3S/c1-7-11(9-2-3-10(13)19-9)15-16(12(7)14)8-4-5-20(17,18)6-8/h2-3,8H,4-6,14H2,1H3. The summed E-state index contributed by atoms with van der Waals surface area (Å²) in [6.07, 6.45) is 0.551. The van der Waals surface area contributed by atoms with Gasteiger partial charge in [-0.15, -0.1) is 0 Å². The Balaban J connectivity index is 2.02. The van der Waals surface area contributed by atoms with Crippen molar-refractivity contribution in [2.24, 2.45) is 0 Å². The van der Waals surface area contributed by atoms with Crippen molar-refractivity contribution in [3.05, 3.63) is 22.4 Å². The zero-order valence-corrected chi connectivity index (χ0v) is 13.2. The summed E-state index contributed by atoms with van der Waals surface area (Å²) < 4.78 is 30.9. The molecule has 0 spiro atoms. The molecule has 2 N–H and O–H groups in total. The zero-order valence-electron chi connectivity index (χ0n) is 10.8. The molecule has 0 bridgehead atoms. The summed E-state index contributed by atoms with van der Waals surface area (Å²) in [4.78, 5) is 0. The van der Waals surface area contributed by atoms with E-state index >= 15 is 0 Å². The van der Waals surface area contributed by atoms with Gasteiger partial charge in [-0.25, -0.2) is 13.1 Å². The molecule has 20 heavy (non-hydrogen) atoms. The van der Waals surface area contributed by atoms with Crippen molar-refractivity contribution in [2.45, 2.75) is 19.4 Å². The monoisotopic (exact) mass is 359 g/mol. The van der Waals surface area contributed by atoms with Crippen LogP contribution < -0.4 is 5.73 Å². The van der Waals surface area contributed by atoms with E-state index in [2.05, 4.69) is 21.0 Å². The molecule has 1 unspecified atom stereocenters. The number of hydrogen-bond acceptors (Lipinski definition) is 5. The lowest BCUT2D eigenvalue weighted by Gasteiger charge is -2.10. The highest BCUT2D eigenvalue weighted by Gasteiger charge is 2.32. The number of nitrogen functional groups attached to an aromatic ring is 1. The summed E-state index contributed by atoms with van der Waals surface area (Å²) in [6, 6.07) is 3.39. The van der Waals surface area contributed by atoms with Gasteiger partial charge < -0.3 is 10.2 Å². The van der Waals surface area contributed by atoms with Crippen molar-refractivity contribution in [3.63, 3.8) is 0 Å². The fraction of sp³-hybridized carbons (Fsp3) is 0.417. The third-order valence-corrected chi connectivity index (χ3v) is 5.73. The van der Waals surface area contributed by atoms with Gasteiger partial charge in [-0.05, 0) is 41.4 Å². The Morgan fingerprint density at radius 1 is 1.50 bits per heavy atom. The van der Waals surface area contributed by atoms with Gasteiger partial charge in [0.05, 0.1) is 17.5 Å². The number of rotatable bonds is 2. The van der Waals surface area contributed by atoms with Crippen LogP contribution in [0.5, 0.6) is 0 Å². The predicted octanol–water partition coefficient (Wildman–Crippen LogP) is 2.16. The Morgan fingerprint density at radius 2 is 2.25 bits per heavy atom. The molecule has 0 aromatic carbocycles. The topological polar surface area (TPSA) is 91.1 Å². The molecule has 1 aliphatic rings. The molecule has 2 aromatic heterocycles. The number of halogens is 1.